The summed E-state index contributed by atoms with van der Waals surface area (Å²) in [4.78, 5) is 17.2. The van der Waals surface area contributed by atoms with Crippen molar-refractivity contribution in [1.29, 1.82) is 0 Å². The van der Waals surface area contributed by atoms with Crippen LogP contribution >= 0.6 is 0 Å². The van der Waals surface area contributed by atoms with Gasteiger partial charge < -0.3 is 5.73 Å². The molecule has 21 heavy (non-hydrogen) atoms. The van der Waals surface area contributed by atoms with Crippen LogP contribution in [0.2, 0.25) is 19.6 Å². The summed E-state index contributed by atoms with van der Waals surface area (Å²) in [6, 6.07) is 8.37. The molecule has 0 aliphatic carbocycles. The van der Waals surface area contributed by atoms with E-state index in [9.17, 15) is 0 Å². The third-order valence-electron chi connectivity index (χ3n) is 3.35. The van der Waals surface area contributed by atoms with Crippen molar-refractivity contribution in [1.82, 2.24) is 19.9 Å². The highest BCUT2D eigenvalue weighted by molar-refractivity contribution is 6.88. The van der Waals surface area contributed by atoms with Crippen molar-refractivity contribution < 1.29 is 0 Å². The normalized spacial score (nSPS) is 11.8. The second kappa shape index (κ2) is 4.89. The van der Waals surface area contributed by atoms with Crippen LogP contribution in [0.4, 0.5) is 5.82 Å². The summed E-state index contributed by atoms with van der Waals surface area (Å²) in [6.45, 7) is 6.94. The topological polar surface area (TPSA) is 77.6 Å². The Morgan fingerprint density at radius 1 is 1.00 bits per heavy atom. The first-order valence-corrected chi connectivity index (χ1v) is 10.3. The molecule has 1 aromatic carbocycles. The number of hydrogen-bond acceptors (Lipinski definition) is 5. The van der Waals surface area contributed by atoms with Gasteiger partial charge in [0.15, 0.2) is 17.3 Å². The van der Waals surface area contributed by atoms with Gasteiger partial charge in [0, 0.05) is 18.0 Å². The summed E-state index contributed by atoms with van der Waals surface area (Å²) in [5.41, 5.74) is 8.01. The summed E-state index contributed by atoms with van der Waals surface area (Å²) in [6.07, 6.45) is 3.20. The number of anilines is 1. The molecule has 0 aliphatic heterocycles. The Labute approximate surface area is 124 Å². The van der Waals surface area contributed by atoms with Gasteiger partial charge in [-0.15, -0.1) is 0 Å². The molecule has 2 aromatic heterocycles. The molecule has 2 N–H and O–H groups in total. The molecule has 3 aromatic rings. The molecule has 0 unspecified atom stereocenters. The maximum Gasteiger partial charge on any atom is 0.184 e. The molecular weight excluding hydrogens is 278 g/mol. The molecular formula is C15H17N5Si. The molecule has 0 fully saturated rings. The molecule has 3 rings (SSSR count). The Bertz CT molecular complexity index is 811. The van der Waals surface area contributed by atoms with Crippen LogP contribution in [0.25, 0.3) is 22.6 Å². The van der Waals surface area contributed by atoms with Crippen molar-refractivity contribution in [3.05, 3.63) is 36.7 Å². The molecule has 106 valence electrons. The van der Waals surface area contributed by atoms with Crippen LogP contribution in [0.3, 0.4) is 0 Å². The average molecular weight is 295 g/mol. The Kier molecular flexibility index (Phi) is 3.17. The number of hydrogen-bond donors (Lipinski definition) is 1. The largest absolute Gasteiger partial charge is 0.382 e. The smallest absolute Gasteiger partial charge is 0.184 e. The second-order valence-electron chi connectivity index (χ2n) is 5.99. The van der Waals surface area contributed by atoms with Crippen LogP contribution < -0.4 is 10.9 Å². The minimum Gasteiger partial charge on any atom is -0.382 e. The van der Waals surface area contributed by atoms with Crippen LogP contribution in [0.15, 0.2) is 36.7 Å². The average Bonchev–Trinajstić information content (AvgIpc) is 2.46. The Balaban J connectivity index is 2.17. The monoisotopic (exact) mass is 295 g/mol. The molecule has 0 bridgehead atoms. The van der Waals surface area contributed by atoms with Gasteiger partial charge in [-0.2, -0.15) is 0 Å². The SMILES string of the molecule is C[Si](C)(C)c1cccc(-c2nc(N)c3nccnc3n2)c1. The second-order valence-corrected chi connectivity index (χ2v) is 11.1. The molecule has 0 radical (unpaired) electrons. The zero-order valence-electron chi connectivity index (χ0n) is 12.3. The van der Waals surface area contributed by atoms with Crippen molar-refractivity contribution in [2.75, 3.05) is 5.73 Å². The molecule has 0 amide bonds. The van der Waals surface area contributed by atoms with Gasteiger partial charge in [0.25, 0.3) is 0 Å². The highest BCUT2D eigenvalue weighted by atomic mass is 28.3. The summed E-state index contributed by atoms with van der Waals surface area (Å²) in [7, 11) is -1.38. The quantitative estimate of drug-likeness (QED) is 0.733. The van der Waals surface area contributed by atoms with Crippen LogP contribution in [0, 0.1) is 0 Å². The molecule has 0 saturated heterocycles. The van der Waals surface area contributed by atoms with Crippen molar-refractivity contribution >= 4 is 30.2 Å². The van der Waals surface area contributed by atoms with E-state index in [4.69, 9.17) is 5.73 Å². The van der Waals surface area contributed by atoms with E-state index in [0.29, 0.717) is 22.8 Å². The number of nitrogens with two attached hydrogens (primary N) is 1. The maximum atomic E-state index is 5.97. The van der Waals surface area contributed by atoms with Crippen molar-refractivity contribution in [2.45, 2.75) is 19.6 Å². The number of benzene rings is 1. The molecule has 6 heteroatoms. The van der Waals surface area contributed by atoms with Gasteiger partial charge in [-0.1, -0.05) is 49.1 Å². The van der Waals surface area contributed by atoms with E-state index in [0.717, 1.165) is 5.56 Å². The molecule has 5 nitrogen and oxygen atoms in total. The molecule has 0 aliphatic rings. The zero-order valence-corrected chi connectivity index (χ0v) is 13.3. The van der Waals surface area contributed by atoms with Gasteiger partial charge >= 0.3 is 0 Å². The van der Waals surface area contributed by atoms with Gasteiger partial charge in [-0.05, 0) is 0 Å². The highest BCUT2D eigenvalue weighted by Gasteiger charge is 2.17. The summed E-state index contributed by atoms with van der Waals surface area (Å²) in [5.74, 6) is 0.960. The van der Waals surface area contributed by atoms with E-state index < -0.39 is 8.07 Å². The fourth-order valence-corrected chi connectivity index (χ4v) is 3.32. The maximum absolute atomic E-state index is 5.97. The van der Waals surface area contributed by atoms with E-state index in [2.05, 4.69) is 51.7 Å². The lowest BCUT2D eigenvalue weighted by molar-refractivity contribution is 1.16. The molecule has 0 spiro atoms. The third kappa shape index (κ3) is 2.62. The lowest BCUT2D eigenvalue weighted by Crippen LogP contribution is -2.37. The van der Waals surface area contributed by atoms with Gasteiger partial charge in [-0.25, -0.2) is 19.9 Å². The predicted octanol–water partition coefficient (Wildman–Crippen LogP) is 2.21. The summed E-state index contributed by atoms with van der Waals surface area (Å²) < 4.78 is 0. The Morgan fingerprint density at radius 2 is 1.76 bits per heavy atom. The first-order valence-electron chi connectivity index (χ1n) is 6.80. The zero-order chi connectivity index (χ0) is 15.0. The lowest BCUT2D eigenvalue weighted by atomic mass is 10.2. The number of rotatable bonds is 2. The predicted molar refractivity (Wildman–Crippen MR) is 88.0 cm³/mol. The van der Waals surface area contributed by atoms with Gasteiger partial charge in [-0.3, -0.25) is 0 Å². The summed E-state index contributed by atoms with van der Waals surface area (Å²) >= 11 is 0. The first-order chi connectivity index (χ1) is 9.95. The molecule has 0 saturated carbocycles. The van der Waals surface area contributed by atoms with E-state index in [1.54, 1.807) is 12.4 Å². The number of nitrogen functional groups attached to an aromatic ring is 1. The van der Waals surface area contributed by atoms with Crippen molar-refractivity contribution in [3.8, 4) is 11.4 Å². The minimum atomic E-state index is -1.38. The van der Waals surface area contributed by atoms with E-state index >= 15 is 0 Å². The van der Waals surface area contributed by atoms with Crippen molar-refractivity contribution in [3.63, 3.8) is 0 Å². The molecule has 0 atom stereocenters. The van der Waals surface area contributed by atoms with E-state index in [1.807, 2.05) is 12.1 Å². The fraction of sp³-hybridized carbons (Fsp3) is 0.200. The molecule has 2 heterocycles. The van der Waals surface area contributed by atoms with E-state index in [1.165, 1.54) is 5.19 Å². The number of aromatic nitrogens is 4. The summed E-state index contributed by atoms with van der Waals surface area (Å²) in [5, 5.41) is 1.36. The minimum absolute atomic E-state index is 0.363. The standard InChI is InChI=1S/C15H17N5Si/c1-21(2,3)11-6-4-5-10(9-11)14-19-13(16)12-15(20-14)18-8-7-17-12/h4-9H,1-3H3,(H2,16,18,19,20). The van der Waals surface area contributed by atoms with Crippen LogP contribution in [-0.4, -0.2) is 28.0 Å². The first kappa shape index (κ1) is 13.6. The Morgan fingerprint density at radius 3 is 2.52 bits per heavy atom. The number of nitrogens with zero attached hydrogens (tertiary/aromatic N) is 4. The number of fused-ring (bicyclic) bond motifs is 1. The van der Waals surface area contributed by atoms with Gasteiger partial charge in [0.05, 0.1) is 8.07 Å². The van der Waals surface area contributed by atoms with Gasteiger partial charge in [0.1, 0.15) is 5.52 Å². The van der Waals surface area contributed by atoms with Crippen LogP contribution in [0.5, 0.6) is 0 Å². The van der Waals surface area contributed by atoms with Crippen LogP contribution in [-0.2, 0) is 0 Å². The lowest BCUT2D eigenvalue weighted by Gasteiger charge is -2.17. The highest BCUT2D eigenvalue weighted by Crippen LogP contribution is 2.20. The van der Waals surface area contributed by atoms with E-state index in [-0.39, 0.29) is 0 Å². The third-order valence-corrected chi connectivity index (χ3v) is 5.39. The van der Waals surface area contributed by atoms with Crippen LogP contribution in [0.1, 0.15) is 0 Å². The fourth-order valence-electron chi connectivity index (χ4n) is 2.14. The van der Waals surface area contributed by atoms with Crippen molar-refractivity contribution in [2.24, 2.45) is 0 Å². The Hall–Kier alpha value is -2.34. The van der Waals surface area contributed by atoms with Gasteiger partial charge in [0.2, 0.25) is 0 Å².